The van der Waals surface area contributed by atoms with E-state index in [0.29, 0.717) is 6.10 Å². The lowest BCUT2D eigenvalue weighted by molar-refractivity contribution is -0.459. The van der Waals surface area contributed by atoms with Gasteiger partial charge in [-0.15, -0.1) is 0 Å². The monoisotopic (exact) mass is 197 g/mol. The average molecular weight is 197 g/mol. The van der Waals surface area contributed by atoms with Crippen LogP contribution in [-0.2, 0) is 4.74 Å². The van der Waals surface area contributed by atoms with E-state index in [1.165, 1.54) is 44.4 Å². The molecule has 2 aliphatic heterocycles. The molecule has 0 aromatic rings. The van der Waals surface area contributed by atoms with Crippen LogP contribution in [0.4, 0.5) is 0 Å². The summed E-state index contributed by atoms with van der Waals surface area (Å²) in [5.41, 5.74) is 0. The van der Waals surface area contributed by atoms with Crippen LogP contribution in [0.2, 0.25) is 0 Å². The molecule has 1 fully saturated rings. The van der Waals surface area contributed by atoms with Crippen LogP contribution >= 0.6 is 0 Å². The van der Waals surface area contributed by atoms with Gasteiger partial charge in [0, 0.05) is 13.0 Å². The SMILES string of the molecule is C1CC[NH+]=C(NC[C@@H]2CCCO2)CC1. The van der Waals surface area contributed by atoms with Crippen molar-refractivity contribution in [2.24, 2.45) is 0 Å². The Kier molecular flexibility index (Phi) is 3.80. The van der Waals surface area contributed by atoms with E-state index in [-0.39, 0.29) is 0 Å². The van der Waals surface area contributed by atoms with Crippen molar-refractivity contribution in [3.05, 3.63) is 0 Å². The van der Waals surface area contributed by atoms with Gasteiger partial charge in [-0.25, -0.2) is 0 Å². The molecule has 2 aliphatic rings. The molecule has 0 bridgehead atoms. The Bertz CT molecular complexity index is 197. The van der Waals surface area contributed by atoms with Crippen molar-refractivity contribution < 1.29 is 9.73 Å². The Labute approximate surface area is 85.9 Å². The summed E-state index contributed by atoms with van der Waals surface area (Å²) < 4.78 is 5.57. The summed E-state index contributed by atoms with van der Waals surface area (Å²) in [6, 6.07) is 0. The van der Waals surface area contributed by atoms with Crippen molar-refractivity contribution >= 4 is 5.84 Å². The molecule has 2 heterocycles. The third kappa shape index (κ3) is 2.98. The third-order valence-corrected chi connectivity index (χ3v) is 3.01. The van der Waals surface area contributed by atoms with E-state index in [9.17, 15) is 0 Å². The van der Waals surface area contributed by atoms with Crippen molar-refractivity contribution in [3.63, 3.8) is 0 Å². The Hall–Kier alpha value is -0.570. The van der Waals surface area contributed by atoms with Crippen LogP contribution in [0.1, 0.15) is 38.5 Å². The van der Waals surface area contributed by atoms with E-state index in [2.05, 4.69) is 10.3 Å². The fourth-order valence-corrected chi connectivity index (χ4v) is 2.12. The highest BCUT2D eigenvalue weighted by Crippen LogP contribution is 2.10. The van der Waals surface area contributed by atoms with Gasteiger partial charge >= 0.3 is 0 Å². The maximum absolute atomic E-state index is 5.57. The molecule has 0 unspecified atom stereocenters. The van der Waals surface area contributed by atoms with E-state index < -0.39 is 0 Å². The van der Waals surface area contributed by atoms with Gasteiger partial charge in [-0.1, -0.05) is 0 Å². The molecule has 3 heteroatoms. The molecule has 2 rings (SSSR count). The number of ether oxygens (including phenoxy) is 1. The van der Waals surface area contributed by atoms with Gasteiger partial charge in [0.25, 0.3) is 0 Å². The summed E-state index contributed by atoms with van der Waals surface area (Å²) in [5.74, 6) is 1.33. The van der Waals surface area contributed by atoms with Gasteiger partial charge in [0.05, 0.1) is 12.6 Å². The van der Waals surface area contributed by atoms with Crippen molar-refractivity contribution in [2.45, 2.75) is 44.6 Å². The minimum Gasteiger partial charge on any atom is -0.374 e. The lowest BCUT2D eigenvalue weighted by Crippen LogP contribution is -2.75. The van der Waals surface area contributed by atoms with Crippen molar-refractivity contribution in [2.75, 3.05) is 19.7 Å². The minimum atomic E-state index is 0.451. The van der Waals surface area contributed by atoms with Gasteiger partial charge in [0.1, 0.15) is 6.54 Å². The molecule has 0 aliphatic carbocycles. The first kappa shape index (κ1) is 9.97. The van der Waals surface area contributed by atoms with E-state index in [1.54, 1.807) is 0 Å². The second-order valence-corrected chi connectivity index (χ2v) is 4.23. The van der Waals surface area contributed by atoms with Crippen LogP contribution in [0.3, 0.4) is 0 Å². The molecule has 80 valence electrons. The largest absolute Gasteiger partial charge is 0.374 e. The Balaban J connectivity index is 1.70. The zero-order valence-electron chi connectivity index (χ0n) is 8.85. The van der Waals surface area contributed by atoms with Crippen LogP contribution in [0.5, 0.6) is 0 Å². The number of amidine groups is 1. The molecule has 0 saturated carbocycles. The summed E-state index contributed by atoms with van der Waals surface area (Å²) in [6.07, 6.45) is 8.08. The maximum Gasteiger partial charge on any atom is 0.242 e. The van der Waals surface area contributed by atoms with Gasteiger partial charge in [0.2, 0.25) is 5.84 Å². The Morgan fingerprint density at radius 3 is 3.14 bits per heavy atom. The molecule has 0 amide bonds. The number of rotatable bonds is 2. The molecule has 0 spiro atoms. The molecule has 3 nitrogen and oxygen atoms in total. The van der Waals surface area contributed by atoms with Gasteiger partial charge < -0.3 is 4.74 Å². The summed E-state index contributed by atoms with van der Waals surface area (Å²) in [5, 5.41) is 3.48. The highest BCUT2D eigenvalue weighted by atomic mass is 16.5. The smallest absolute Gasteiger partial charge is 0.242 e. The second-order valence-electron chi connectivity index (χ2n) is 4.23. The van der Waals surface area contributed by atoms with Gasteiger partial charge in [-0.2, -0.15) is 0 Å². The predicted octanol–water partition coefficient (Wildman–Crippen LogP) is -0.192. The van der Waals surface area contributed by atoms with Crippen molar-refractivity contribution in [3.8, 4) is 0 Å². The number of hydrogen-bond acceptors (Lipinski definition) is 2. The average Bonchev–Trinajstić information content (AvgIpc) is 2.58. The second kappa shape index (κ2) is 5.35. The normalized spacial score (nSPS) is 28.3. The summed E-state index contributed by atoms with van der Waals surface area (Å²) in [6.45, 7) is 3.07. The predicted molar refractivity (Wildman–Crippen MR) is 56.3 cm³/mol. The van der Waals surface area contributed by atoms with Crippen LogP contribution in [0, 0.1) is 0 Å². The topological polar surface area (TPSA) is 35.2 Å². The van der Waals surface area contributed by atoms with E-state index in [1.807, 2.05) is 0 Å². The van der Waals surface area contributed by atoms with E-state index in [0.717, 1.165) is 19.7 Å². The summed E-state index contributed by atoms with van der Waals surface area (Å²) >= 11 is 0. The first-order valence-electron chi connectivity index (χ1n) is 5.90. The molecule has 14 heavy (non-hydrogen) atoms. The first-order valence-corrected chi connectivity index (χ1v) is 5.90. The van der Waals surface area contributed by atoms with E-state index in [4.69, 9.17) is 4.74 Å². The quantitative estimate of drug-likeness (QED) is 0.643. The molecule has 2 N–H and O–H groups in total. The van der Waals surface area contributed by atoms with E-state index >= 15 is 0 Å². The lowest BCUT2D eigenvalue weighted by Gasteiger charge is -2.07. The summed E-state index contributed by atoms with van der Waals surface area (Å²) in [7, 11) is 0. The standard InChI is InChI=1S/C11H20N2O/c1-2-6-11(12-7-3-1)13-9-10-5-4-8-14-10/h10H,1-9H2,(H,12,13)/p+1/t10-/m0/s1. The Morgan fingerprint density at radius 2 is 2.29 bits per heavy atom. The third-order valence-electron chi connectivity index (χ3n) is 3.01. The fraction of sp³-hybridized carbons (Fsp3) is 0.909. The molecule has 1 saturated heterocycles. The molecular weight excluding hydrogens is 176 g/mol. The fourth-order valence-electron chi connectivity index (χ4n) is 2.12. The van der Waals surface area contributed by atoms with Crippen LogP contribution in [-0.4, -0.2) is 31.6 Å². The first-order chi connectivity index (χ1) is 6.95. The minimum absolute atomic E-state index is 0.451. The van der Waals surface area contributed by atoms with Gasteiger partial charge in [-0.05, 0) is 32.1 Å². The van der Waals surface area contributed by atoms with Crippen molar-refractivity contribution in [1.82, 2.24) is 5.32 Å². The van der Waals surface area contributed by atoms with Crippen LogP contribution in [0.15, 0.2) is 0 Å². The summed E-state index contributed by atoms with van der Waals surface area (Å²) in [4.78, 5) is 3.46. The molecule has 0 aromatic heterocycles. The molecule has 0 radical (unpaired) electrons. The zero-order valence-corrected chi connectivity index (χ0v) is 8.85. The highest BCUT2D eigenvalue weighted by molar-refractivity contribution is 5.76. The number of hydrogen-bond donors (Lipinski definition) is 2. The Morgan fingerprint density at radius 1 is 1.29 bits per heavy atom. The number of nitrogens with one attached hydrogen (secondary N) is 2. The molecule has 1 atom stereocenters. The lowest BCUT2D eigenvalue weighted by atomic mass is 10.2. The van der Waals surface area contributed by atoms with Gasteiger partial charge in [-0.3, -0.25) is 10.3 Å². The van der Waals surface area contributed by atoms with Crippen LogP contribution < -0.4 is 10.3 Å². The molecule has 0 aromatic carbocycles. The van der Waals surface area contributed by atoms with Crippen molar-refractivity contribution in [1.29, 1.82) is 0 Å². The molecular formula is C11H21N2O+. The van der Waals surface area contributed by atoms with Gasteiger partial charge in [0.15, 0.2) is 0 Å². The van der Waals surface area contributed by atoms with Crippen LogP contribution in [0.25, 0.3) is 0 Å². The highest BCUT2D eigenvalue weighted by Gasteiger charge is 2.18. The maximum atomic E-state index is 5.57. The zero-order chi connectivity index (χ0) is 9.64.